The normalized spacial score (nSPS) is 12.0. The number of hydrogen-bond acceptors (Lipinski definition) is 4. The molecule has 0 aromatic heterocycles. The van der Waals surface area contributed by atoms with Gasteiger partial charge in [0.15, 0.2) is 0 Å². The van der Waals surface area contributed by atoms with Crippen LogP contribution in [0.15, 0.2) is 42.1 Å². The average molecular weight is 302 g/mol. The minimum atomic E-state index is -1.01. The number of carbonyl (C=O) groups excluding carboxylic acids is 1. The standard InChI is InChI=1S/C14H17NO4.K/c1-3-19-12(16)9-10(2)15-13(14(17)18)11-7-5-4-6-8-11;/h4-9,13,15H,3H2,1-2H3,(H,17,18);/b10-9-;. The summed E-state index contributed by atoms with van der Waals surface area (Å²) >= 11 is 0. The number of carbonyl (C=O) groups is 2. The van der Waals surface area contributed by atoms with E-state index in [0.29, 0.717) is 11.3 Å². The summed E-state index contributed by atoms with van der Waals surface area (Å²) in [6.45, 7) is 3.61. The molecule has 2 N–H and O–H groups in total. The van der Waals surface area contributed by atoms with Crippen LogP contribution in [0.2, 0.25) is 0 Å². The van der Waals surface area contributed by atoms with Crippen LogP contribution >= 0.6 is 0 Å². The van der Waals surface area contributed by atoms with Crippen molar-refractivity contribution in [2.24, 2.45) is 0 Å². The van der Waals surface area contributed by atoms with E-state index in [-0.39, 0.29) is 58.0 Å². The van der Waals surface area contributed by atoms with Crippen molar-refractivity contribution in [2.75, 3.05) is 6.61 Å². The molecule has 0 amide bonds. The second-order valence-corrected chi connectivity index (χ2v) is 3.91. The SMILES string of the molecule is CCOC(=O)/C=C(/C)NC(C(=O)O)c1ccccc1.[K]. The molecule has 0 bridgehead atoms. The second kappa shape index (κ2) is 10.1. The molecule has 0 saturated heterocycles. The van der Waals surface area contributed by atoms with Crippen molar-refractivity contribution in [3.05, 3.63) is 47.7 Å². The van der Waals surface area contributed by atoms with Crippen molar-refractivity contribution in [3.63, 3.8) is 0 Å². The van der Waals surface area contributed by atoms with Crippen LogP contribution in [-0.2, 0) is 14.3 Å². The van der Waals surface area contributed by atoms with Crippen LogP contribution in [0.4, 0.5) is 0 Å². The topological polar surface area (TPSA) is 75.6 Å². The van der Waals surface area contributed by atoms with E-state index in [1.807, 2.05) is 6.07 Å². The Labute approximate surface area is 160 Å². The molecule has 0 heterocycles. The van der Waals surface area contributed by atoms with Gasteiger partial charge in [0.05, 0.1) is 6.61 Å². The van der Waals surface area contributed by atoms with Crippen molar-refractivity contribution in [2.45, 2.75) is 19.9 Å². The minimum absolute atomic E-state index is 0. The van der Waals surface area contributed by atoms with E-state index in [1.165, 1.54) is 6.08 Å². The molecule has 0 aliphatic rings. The summed E-state index contributed by atoms with van der Waals surface area (Å²) in [6.07, 6.45) is 1.24. The van der Waals surface area contributed by atoms with E-state index in [9.17, 15) is 14.7 Å². The maximum atomic E-state index is 11.3. The third-order valence-corrected chi connectivity index (χ3v) is 2.37. The molecule has 1 atom stereocenters. The molecule has 0 aliphatic carbocycles. The fraction of sp³-hybridized carbons (Fsp3) is 0.286. The number of ether oxygens (including phenoxy) is 1. The van der Waals surface area contributed by atoms with Gasteiger partial charge in [-0.1, -0.05) is 30.3 Å². The van der Waals surface area contributed by atoms with Gasteiger partial charge in [-0.2, -0.15) is 0 Å². The molecule has 0 spiro atoms. The molecule has 0 aliphatic heterocycles. The number of hydrogen-bond donors (Lipinski definition) is 2. The largest absolute Gasteiger partial charge is 0.479 e. The molecule has 1 unspecified atom stereocenters. The van der Waals surface area contributed by atoms with E-state index in [0.717, 1.165) is 0 Å². The van der Waals surface area contributed by atoms with E-state index in [4.69, 9.17) is 4.74 Å². The average Bonchev–Trinajstić information content (AvgIpc) is 2.37. The number of benzene rings is 1. The first-order valence-corrected chi connectivity index (χ1v) is 5.94. The molecular formula is C14H17KNO4. The molecule has 0 fully saturated rings. The zero-order chi connectivity index (χ0) is 14.3. The van der Waals surface area contributed by atoms with E-state index in [1.54, 1.807) is 38.1 Å². The van der Waals surface area contributed by atoms with Gasteiger partial charge in [-0.15, -0.1) is 0 Å². The number of carboxylic acid groups (broad SMARTS) is 1. The first-order chi connectivity index (χ1) is 9.04. The van der Waals surface area contributed by atoms with Gasteiger partial charge in [0.1, 0.15) is 6.04 Å². The third kappa shape index (κ3) is 6.67. The summed E-state index contributed by atoms with van der Waals surface area (Å²) in [5.74, 6) is -1.51. The van der Waals surface area contributed by atoms with Crippen molar-refractivity contribution < 1.29 is 19.4 Å². The third-order valence-electron chi connectivity index (χ3n) is 2.37. The summed E-state index contributed by atoms with van der Waals surface area (Å²) in [5.41, 5.74) is 1.06. The van der Waals surface area contributed by atoms with E-state index < -0.39 is 18.0 Å². The summed E-state index contributed by atoms with van der Waals surface area (Å²) in [7, 11) is 0. The van der Waals surface area contributed by atoms with Crippen LogP contribution in [0.1, 0.15) is 25.5 Å². The number of rotatable bonds is 6. The number of carboxylic acids is 1. The summed E-state index contributed by atoms with van der Waals surface area (Å²) in [4.78, 5) is 22.5. The number of allylic oxidation sites excluding steroid dienone is 1. The molecule has 6 heteroatoms. The van der Waals surface area contributed by atoms with Crippen molar-refractivity contribution in [3.8, 4) is 0 Å². The fourth-order valence-corrected chi connectivity index (χ4v) is 1.56. The van der Waals surface area contributed by atoms with E-state index in [2.05, 4.69) is 5.32 Å². The number of esters is 1. The Morgan fingerprint density at radius 2 is 1.95 bits per heavy atom. The van der Waals surface area contributed by atoms with Gasteiger partial charge in [0.2, 0.25) is 0 Å². The van der Waals surface area contributed by atoms with Gasteiger partial charge >= 0.3 is 11.9 Å². The predicted octanol–water partition coefficient (Wildman–Crippen LogP) is 1.49. The molecule has 0 saturated carbocycles. The van der Waals surface area contributed by atoms with Crippen LogP contribution in [0, 0.1) is 0 Å². The first kappa shape index (κ1) is 19.3. The Hall–Kier alpha value is -0.664. The Kier molecular flexibility index (Phi) is 9.78. The van der Waals surface area contributed by atoms with Gasteiger partial charge in [-0.3, -0.25) is 0 Å². The maximum absolute atomic E-state index is 11.3. The molecule has 1 aromatic rings. The van der Waals surface area contributed by atoms with Gasteiger partial charge in [0, 0.05) is 63.2 Å². The van der Waals surface area contributed by atoms with Crippen LogP contribution in [0.5, 0.6) is 0 Å². The zero-order valence-corrected chi connectivity index (χ0v) is 15.0. The van der Waals surface area contributed by atoms with Crippen molar-refractivity contribution in [1.29, 1.82) is 0 Å². The van der Waals surface area contributed by atoms with Crippen LogP contribution in [-0.4, -0.2) is 75.0 Å². The Bertz CT molecular complexity index is 473. The first-order valence-electron chi connectivity index (χ1n) is 5.94. The van der Waals surface area contributed by atoms with Gasteiger partial charge in [-0.05, 0) is 19.4 Å². The number of nitrogens with one attached hydrogen (secondary N) is 1. The Balaban J connectivity index is 0.00000361. The van der Waals surface area contributed by atoms with Gasteiger partial charge < -0.3 is 15.2 Å². The summed E-state index contributed by atoms with van der Waals surface area (Å²) in [5, 5.41) is 12.0. The van der Waals surface area contributed by atoms with Crippen LogP contribution in [0.3, 0.4) is 0 Å². The molecule has 103 valence electrons. The summed E-state index contributed by atoms with van der Waals surface area (Å²) < 4.78 is 4.76. The second-order valence-electron chi connectivity index (χ2n) is 3.91. The molecule has 1 radical (unpaired) electrons. The minimum Gasteiger partial charge on any atom is -0.479 e. The Morgan fingerprint density at radius 1 is 1.35 bits per heavy atom. The maximum Gasteiger partial charge on any atom is 0.332 e. The zero-order valence-electron chi connectivity index (χ0n) is 11.9. The summed E-state index contributed by atoms with van der Waals surface area (Å²) in [6, 6.07) is 7.86. The predicted molar refractivity (Wildman–Crippen MR) is 76.1 cm³/mol. The van der Waals surface area contributed by atoms with E-state index >= 15 is 0 Å². The van der Waals surface area contributed by atoms with Gasteiger partial charge in [-0.25, -0.2) is 9.59 Å². The Morgan fingerprint density at radius 3 is 2.45 bits per heavy atom. The molecule has 1 aromatic carbocycles. The molecule has 5 nitrogen and oxygen atoms in total. The van der Waals surface area contributed by atoms with Crippen LogP contribution < -0.4 is 5.32 Å². The molecule has 20 heavy (non-hydrogen) atoms. The van der Waals surface area contributed by atoms with Crippen LogP contribution in [0.25, 0.3) is 0 Å². The quantitative estimate of drug-likeness (QED) is 0.473. The smallest absolute Gasteiger partial charge is 0.332 e. The fourth-order valence-electron chi connectivity index (χ4n) is 1.56. The van der Waals surface area contributed by atoms with Crippen molar-refractivity contribution in [1.82, 2.24) is 5.32 Å². The molecular weight excluding hydrogens is 285 g/mol. The monoisotopic (exact) mass is 302 g/mol. The number of aliphatic carboxylic acids is 1. The molecule has 1 rings (SSSR count). The van der Waals surface area contributed by atoms with Gasteiger partial charge in [0.25, 0.3) is 0 Å². The van der Waals surface area contributed by atoms with Crippen molar-refractivity contribution >= 4 is 63.3 Å².